The molecule has 19 heavy (non-hydrogen) atoms. The van der Waals surface area contributed by atoms with Gasteiger partial charge in [0.05, 0.1) is 24.7 Å². The van der Waals surface area contributed by atoms with Crippen LogP contribution >= 0.6 is 0 Å². The highest BCUT2D eigenvalue weighted by atomic mass is 16.2. The van der Waals surface area contributed by atoms with E-state index in [9.17, 15) is 9.59 Å². The lowest BCUT2D eigenvalue weighted by molar-refractivity contribution is -0.137. The van der Waals surface area contributed by atoms with Crippen LogP contribution in [-0.4, -0.2) is 40.1 Å². The van der Waals surface area contributed by atoms with Gasteiger partial charge in [-0.25, -0.2) is 0 Å². The number of amides is 2. The van der Waals surface area contributed by atoms with Gasteiger partial charge in [-0.1, -0.05) is 13.8 Å². The van der Waals surface area contributed by atoms with Crippen molar-refractivity contribution in [3.05, 3.63) is 18.0 Å². The van der Waals surface area contributed by atoms with Gasteiger partial charge in [-0.15, -0.1) is 0 Å². The van der Waals surface area contributed by atoms with E-state index >= 15 is 0 Å². The molecule has 104 valence electrons. The van der Waals surface area contributed by atoms with E-state index in [-0.39, 0.29) is 23.8 Å². The topological polar surface area (TPSA) is 67.2 Å². The third-order valence-electron chi connectivity index (χ3n) is 3.39. The Labute approximate surface area is 112 Å². The Morgan fingerprint density at radius 2 is 2.26 bits per heavy atom. The lowest BCUT2D eigenvalue weighted by Gasteiger charge is -2.34. The molecule has 1 N–H and O–H groups in total. The highest BCUT2D eigenvalue weighted by Crippen LogP contribution is 2.24. The van der Waals surface area contributed by atoms with Gasteiger partial charge in [0.1, 0.15) is 0 Å². The number of nitrogens with one attached hydrogen (secondary N) is 1. The zero-order valence-electron chi connectivity index (χ0n) is 11.6. The Morgan fingerprint density at radius 1 is 1.53 bits per heavy atom. The number of hydrogen-bond donors (Lipinski definition) is 1. The molecule has 6 heteroatoms. The van der Waals surface area contributed by atoms with Gasteiger partial charge in [0.2, 0.25) is 11.8 Å². The molecule has 0 spiro atoms. The number of nitrogens with zero attached hydrogens (tertiary/aromatic N) is 3. The molecule has 1 aromatic heterocycles. The molecule has 0 unspecified atom stereocenters. The average molecular weight is 264 g/mol. The monoisotopic (exact) mass is 264 g/mol. The summed E-state index contributed by atoms with van der Waals surface area (Å²) in [4.78, 5) is 25.5. The number of fused-ring (bicyclic) bond motifs is 1. The fourth-order valence-corrected chi connectivity index (χ4v) is 2.39. The molecular formula is C13H20N4O2. The van der Waals surface area contributed by atoms with Crippen molar-refractivity contribution < 1.29 is 9.59 Å². The van der Waals surface area contributed by atoms with Crippen molar-refractivity contribution in [2.75, 3.05) is 13.6 Å². The zero-order chi connectivity index (χ0) is 14.0. The molecule has 1 atom stereocenters. The first-order valence-corrected chi connectivity index (χ1v) is 6.54. The maximum atomic E-state index is 12.1. The van der Waals surface area contributed by atoms with Crippen LogP contribution in [0.3, 0.4) is 0 Å². The minimum Gasteiger partial charge on any atom is -0.359 e. The van der Waals surface area contributed by atoms with Gasteiger partial charge in [0.15, 0.2) is 0 Å². The van der Waals surface area contributed by atoms with E-state index in [0.29, 0.717) is 19.5 Å². The second-order valence-corrected chi connectivity index (χ2v) is 5.17. The molecule has 0 saturated heterocycles. The van der Waals surface area contributed by atoms with Crippen LogP contribution < -0.4 is 5.32 Å². The van der Waals surface area contributed by atoms with Gasteiger partial charge in [-0.2, -0.15) is 5.10 Å². The van der Waals surface area contributed by atoms with E-state index in [2.05, 4.69) is 10.4 Å². The molecule has 0 fully saturated rings. The van der Waals surface area contributed by atoms with Crippen LogP contribution in [0.1, 0.15) is 32.0 Å². The molecule has 0 saturated carbocycles. The molecule has 1 aliphatic heterocycles. The minimum atomic E-state index is -0.0820. The van der Waals surface area contributed by atoms with Crippen LogP contribution in [0.2, 0.25) is 0 Å². The van der Waals surface area contributed by atoms with E-state index in [1.54, 1.807) is 13.2 Å². The Hall–Kier alpha value is -1.85. The fraction of sp³-hybridized carbons (Fsp3) is 0.615. The lowest BCUT2D eigenvalue weighted by atomic mass is 10.1. The molecule has 1 aromatic rings. The molecular weight excluding hydrogens is 244 g/mol. The summed E-state index contributed by atoms with van der Waals surface area (Å²) in [6.45, 7) is 4.89. The molecule has 0 bridgehead atoms. The lowest BCUT2D eigenvalue weighted by Crippen LogP contribution is -2.44. The van der Waals surface area contributed by atoms with Crippen molar-refractivity contribution in [3.8, 4) is 0 Å². The van der Waals surface area contributed by atoms with E-state index in [1.807, 2.05) is 29.5 Å². The van der Waals surface area contributed by atoms with E-state index in [4.69, 9.17) is 0 Å². The third-order valence-corrected chi connectivity index (χ3v) is 3.39. The maximum absolute atomic E-state index is 12.1. The molecule has 0 aliphatic carbocycles. The third kappa shape index (κ3) is 2.77. The summed E-state index contributed by atoms with van der Waals surface area (Å²) in [5, 5.41) is 6.88. The van der Waals surface area contributed by atoms with E-state index < -0.39 is 0 Å². The highest BCUT2D eigenvalue weighted by Gasteiger charge is 2.30. The molecule has 0 radical (unpaired) electrons. The average Bonchev–Trinajstić information content (AvgIpc) is 2.85. The van der Waals surface area contributed by atoms with Crippen molar-refractivity contribution in [1.82, 2.24) is 20.0 Å². The van der Waals surface area contributed by atoms with Gasteiger partial charge in [0.25, 0.3) is 0 Å². The maximum Gasteiger partial charge on any atom is 0.225 e. The van der Waals surface area contributed by atoms with Crippen molar-refractivity contribution in [3.63, 3.8) is 0 Å². The second kappa shape index (κ2) is 5.42. The van der Waals surface area contributed by atoms with E-state index in [0.717, 1.165) is 5.69 Å². The summed E-state index contributed by atoms with van der Waals surface area (Å²) in [6, 6.07) is 1.82. The van der Waals surface area contributed by atoms with Crippen molar-refractivity contribution in [2.24, 2.45) is 5.92 Å². The first-order chi connectivity index (χ1) is 9.02. The number of rotatable bonds is 3. The Kier molecular flexibility index (Phi) is 3.87. The van der Waals surface area contributed by atoms with Gasteiger partial charge in [-0.3, -0.25) is 14.3 Å². The predicted molar refractivity (Wildman–Crippen MR) is 70.2 cm³/mol. The summed E-state index contributed by atoms with van der Waals surface area (Å²) in [5.74, 6) is 0.0507. The number of carbonyl (C=O) groups excluding carboxylic acids is 2. The SMILES string of the molecule is CNC(=O)C[C@@H]1CN(C(=O)C(C)C)Cc2ccnn21. The number of carbonyl (C=O) groups is 2. The van der Waals surface area contributed by atoms with Gasteiger partial charge >= 0.3 is 0 Å². The number of aromatic nitrogens is 2. The first-order valence-electron chi connectivity index (χ1n) is 6.54. The number of hydrogen-bond acceptors (Lipinski definition) is 3. The van der Waals surface area contributed by atoms with Crippen LogP contribution in [0, 0.1) is 5.92 Å². The summed E-state index contributed by atoms with van der Waals surface area (Å²) in [6.07, 6.45) is 2.06. The predicted octanol–water partition coefficient (Wildman–Crippen LogP) is 0.558. The van der Waals surface area contributed by atoms with Crippen molar-refractivity contribution >= 4 is 11.8 Å². The Morgan fingerprint density at radius 3 is 2.89 bits per heavy atom. The summed E-state index contributed by atoms with van der Waals surface area (Å²) >= 11 is 0. The molecule has 2 amide bonds. The second-order valence-electron chi connectivity index (χ2n) is 5.17. The van der Waals surface area contributed by atoms with Crippen LogP contribution in [0.4, 0.5) is 0 Å². The standard InChI is InChI=1S/C13H20N4O2/c1-9(2)13(19)16-7-10-4-5-15-17(10)11(8-16)6-12(18)14-3/h4-5,9,11H,6-8H2,1-3H3,(H,14,18)/t11-/m1/s1. The van der Waals surface area contributed by atoms with Crippen LogP contribution in [-0.2, 0) is 16.1 Å². The Balaban J connectivity index is 2.19. The van der Waals surface area contributed by atoms with E-state index in [1.165, 1.54) is 0 Å². The largest absolute Gasteiger partial charge is 0.359 e. The Bertz CT molecular complexity index is 481. The highest BCUT2D eigenvalue weighted by molar-refractivity contribution is 5.79. The summed E-state index contributed by atoms with van der Waals surface area (Å²) in [5.41, 5.74) is 0.981. The van der Waals surface area contributed by atoms with Gasteiger partial charge in [-0.05, 0) is 6.07 Å². The zero-order valence-corrected chi connectivity index (χ0v) is 11.6. The first kappa shape index (κ1) is 13.6. The normalized spacial score (nSPS) is 18.3. The molecule has 2 rings (SSSR count). The smallest absolute Gasteiger partial charge is 0.225 e. The van der Waals surface area contributed by atoms with Gasteiger partial charge in [0, 0.05) is 25.7 Å². The van der Waals surface area contributed by atoms with Crippen LogP contribution in [0.25, 0.3) is 0 Å². The molecule has 6 nitrogen and oxygen atoms in total. The quantitative estimate of drug-likeness (QED) is 0.867. The van der Waals surface area contributed by atoms with Crippen molar-refractivity contribution in [1.29, 1.82) is 0 Å². The van der Waals surface area contributed by atoms with Gasteiger partial charge < -0.3 is 10.2 Å². The molecule has 1 aliphatic rings. The van der Waals surface area contributed by atoms with Crippen LogP contribution in [0.5, 0.6) is 0 Å². The summed E-state index contributed by atoms with van der Waals surface area (Å²) in [7, 11) is 1.62. The van der Waals surface area contributed by atoms with Crippen LogP contribution in [0.15, 0.2) is 12.3 Å². The van der Waals surface area contributed by atoms with Crippen molar-refractivity contribution in [2.45, 2.75) is 32.9 Å². The molecule has 0 aromatic carbocycles. The fourth-order valence-electron chi connectivity index (χ4n) is 2.39. The molecule has 2 heterocycles. The summed E-state index contributed by atoms with van der Waals surface area (Å²) < 4.78 is 1.86. The minimum absolute atomic E-state index is 0.0323.